The molecule has 2 fully saturated rings. The molecule has 2 rings (SSSR count). The van der Waals surface area contributed by atoms with E-state index in [1.807, 2.05) is 0 Å². The lowest BCUT2D eigenvalue weighted by Crippen LogP contribution is -2.27. The van der Waals surface area contributed by atoms with Gasteiger partial charge in [-0.25, -0.2) is 0 Å². The average molecular weight is 140 g/mol. The van der Waals surface area contributed by atoms with Crippen LogP contribution in [0.2, 0.25) is 0 Å². The fraction of sp³-hybridized carbons (Fsp3) is 1.00. The van der Waals surface area contributed by atoms with Crippen molar-refractivity contribution in [1.82, 2.24) is 10.2 Å². The van der Waals surface area contributed by atoms with Gasteiger partial charge in [-0.1, -0.05) is 6.92 Å². The molecule has 0 aromatic heterocycles. The van der Waals surface area contributed by atoms with Crippen LogP contribution in [0.1, 0.15) is 6.92 Å². The summed E-state index contributed by atoms with van der Waals surface area (Å²) in [5.41, 5.74) is 0.592. The molecule has 0 unspecified atom stereocenters. The molecular formula is C8H16N2. The van der Waals surface area contributed by atoms with Crippen LogP contribution in [0, 0.1) is 11.3 Å². The standard InChI is InChI=1S/C8H16N2/c1-8-5-9-3-7(8)4-10(2)6-8/h7,9H,3-6H2,1-2H3/t7-,8-/m0/s1. The highest BCUT2D eigenvalue weighted by Crippen LogP contribution is 2.37. The van der Waals surface area contributed by atoms with Gasteiger partial charge in [0.15, 0.2) is 0 Å². The highest BCUT2D eigenvalue weighted by molar-refractivity contribution is 4.99. The SMILES string of the molecule is CN1C[C@@H]2CNC[C@@]2(C)C1. The first kappa shape index (κ1) is 6.62. The van der Waals surface area contributed by atoms with Gasteiger partial charge in [-0.3, -0.25) is 0 Å². The maximum absolute atomic E-state index is 3.46. The Balaban J connectivity index is 2.15. The molecule has 2 atom stereocenters. The van der Waals surface area contributed by atoms with E-state index in [2.05, 4.69) is 24.2 Å². The second kappa shape index (κ2) is 1.95. The fourth-order valence-corrected chi connectivity index (χ4v) is 2.45. The van der Waals surface area contributed by atoms with Crippen LogP contribution in [0.25, 0.3) is 0 Å². The minimum Gasteiger partial charge on any atom is -0.316 e. The van der Waals surface area contributed by atoms with E-state index in [-0.39, 0.29) is 0 Å². The number of likely N-dealkylation sites (tertiary alicyclic amines) is 1. The number of rotatable bonds is 0. The van der Waals surface area contributed by atoms with Crippen LogP contribution in [0.15, 0.2) is 0 Å². The second-order valence-corrected chi connectivity index (χ2v) is 4.18. The molecule has 2 heterocycles. The van der Waals surface area contributed by atoms with Crippen LogP contribution >= 0.6 is 0 Å². The van der Waals surface area contributed by atoms with Crippen LogP contribution in [0.3, 0.4) is 0 Å². The predicted octanol–water partition coefficient (Wildman–Crippen LogP) is 0.157. The molecule has 0 aromatic rings. The summed E-state index contributed by atoms with van der Waals surface area (Å²) in [7, 11) is 2.23. The van der Waals surface area contributed by atoms with Crippen LogP contribution in [-0.4, -0.2) is 38.1 Å². The van der Waals surface area contributed by atoms with E-state index < -0.39 is 0 Å². The van der Waals surface area contributed by atoms with Gasteiger partial charge in [-0.2, -0.15) is 0 Å². The Morgan fingerprint density at radius 3 is 3.10 bits per heavy atom. The van der Waals surface area contributed by atoms with Crippen molar-refractivity contribution < 1.29 is 0 Å². The van der Waals surface area contributed by atoms with E-state index in [4.69, 9.17) is 0 Å². The molecule has 0 aromatic carbocycles. The monoisotopic (exact) mass is 140 g/mol. The number of hydrogen-bond acceptors (Lipinski definition) is 2. The lowest BCUT2D eigenvalue weighted by Gasteiger charge is -2.20. The number of hydrogen-bond donors (Lipinski definition) is 1. The van der Waals surface area contributed by atoms with E-state index in [9.17, 15) is 0 Å². The Labute approximate surface area is 62.6 Å². The van der Waals surface area contributed by atoms with E-state index in [1.54, 1.807) is 0 Å². The minimum atomic E-state index is 0.592. The largest absolute Gasteiger partial charge is 0.316 e. The van der Waals surface area contributed by atoms with E-state index in [1.165, 1.54) is 26.2 Å². The molecule has 2 heteroatoms. The fourth-order valence-electron chi connectivity index (χ4n) is 2.45. The van der Waals surface area contributed by atoms with Crippen molar-refractivity contribution in [2.75, 3.05) is 33.2 Å². The Bertz CT molecular complexity index is 146. The van der Waals surface area contributed by atoms with Gasteiger partial charge in [0, 0.05) is 19.6 Å². The molecule has 58 valence electrons. The van der Waals surface area contributed by atoms with Gasteiger partial charge in [0.05, 0.1) is 0 Å². The van der Waals surface area contributed by atoms with Gasteiger partial charge in [0.25, 0.3) is 0 Å². The van der Waals surface area contributed by atoms with Gasteiger partial charge in [0.1, 0.15) is 0 Å². The minimum absolute atomic E-state index is 0.592. The zero-order chi connectivity index (χ0) is 7.19. The first-order valence-electron chi connectivity index (χ1n) is 4.10. The first-order valence-corrected chi connectivity index (χ1v) is 4.10. The third kappa shape index (κ3) is 0.789. The third-order valence-corrected chi connectivity index (χ3v) is 3.07. The van der Waals surface area contributed by atoms with Crippen LogP contribution in [-0.2, 0) is 0 Å². The highest BCUT2D eigenvalue weighted by atomic mass is 15.2. The van der Waals surface area contributed by atoms with E-state index >= 15 is 0 Å². The maximum Gasteiger partial charge on any atom is 0.00482 e. The number of nitrogens with zero attached hydrogens (tertiary/aromatic N) is 1. The second-order valence-electron chi connectivity index (χ2n) is 4.18. The van der Waals surface area contributed by atoms with Crippen LogP contribution in [0.5, 0.6) is 0 Å². The maximum atomic E-state index is 3.46. The molecule has 2 saturated heterocycles. The molecule has 2 aliphatic rings. The topological polar surface area (TPSA) is 15.3 Å². The summed E-state index contributed by atoms with van der Waals surface area (Å²) in [6.45, 7) is 7.44. The van der Waals surface area contributed by atoms with Crippen molar-refractivity contribution in [1.29, 1.82) is 0 Å². The Morgan fingerprint density at radius 2 is 2.40 bits per heavy atom. The van der Waals surface area contributed by atoms with Crippen LogP contribution in [0.4, 0.5) is 0 Å². The molecule has 0 amide bonds. The van der Waals surface area contributed by atoms with Crippen molar-refractivity contribution >= 4 is 0 Å². The summed E-state index contributed by atoms with van der Waals surface area (Å²) < 4.78 is 0. The molecule has 0 spiro atoms. The Kier molecular flexibility index (Phi) is 1.29. The van der Waals surface area contributed by atoms with E-state index in [0.717, 1.165) is 5.92 Å². The summed E-state index contributed by atoms with van der Waals surface area (Å²) in [5.74, 6) is 0.914. The molecule has 2 aliphatic heterocycles. The summed E-state index contributed by atoms with van der Waals surface area (Å²) >= 11 is 0. The Hall–Kier alpha value is -0.0800. The van der Waals surface area contributed by atoms with Gasteiger partial charge < -0.3 is 10.2 Å². The van der Waals surface area contributed by atoms with E-state index in [0.29, 0.717) is 5.41 Å². The smallest absolute Gasteiger partial charge is 0.00482 e. The first-order chi connectivity index (χ1) is 4.71. The molecule has 0 saturated carbocycles. The molecule has 0 radical (unpaired) electrons. The molecule has 2 nitrogen and oxygen atoms in total. The van der Waals surface area contributed by atoms with Gasteiger partial charge in [-0.15, -0.1) is 0 Å². The van der Waals surface area contributed by atoms with Crippen molar-refractivity contribution in [2.24, 2.45) is 11.3 Å². The zero-order valence-corrected chi connectivity index (χ0v) is 6.85. The quantitative estimate of drug-likeness (QED) is 0.515. The molecule has 0 bridgehead atoms. The van der Waals surface area contributed by atoms with Crippen molar-refractivity contribution in [3.63, 3.8) is 0 Å². The number of nitrogens with one attached hydrogen (secondary N) is 1. The third-order valence-electron chi connectivity index (χ3n) is 3.07. The van der Waals surface area contributed by atoms with Gasteiger partial charge >= 0.3 is 0 Å². The van der Waals surface area contributed by atoms with Gasteiger partial charge in [0.2, 0.25) is 0 Å². The molecular weight excluding hydrogens is 124 g/mol. The summed E-state index contributed by atoms with van der Waals surface area (Å²) in [5, 5.41) is 3.46. The zero-order valence-electron chi connectivity index (χ0n) is 6.85. The Morgan fingerprint density at radius 1 is 1.60 bits per heavy atom. The molecule has 10 heavy (non-hydrogen) atoms. The lowest BCUT2D eigenvalue weighted by molar-refractivity contribution is 0.309. The molecule has 0 aliphatic carbocycles. The van der Waals surface area contributed by atoms with Gasteiger partial charge in [-0.05, 0) is 24.9 Å². The number of fused-ring (bicyclic) bond motifs is 1. The van der Waals surface area contributed by atoms with Crippen LogP contribution < -0.4 is 5.32 Å². The summed E-state index contributed by atoms with van der Waals surface area (Å²) in [6, 6.07) is 0. The molecule has 1 N–H and O–H groups in total. The van der Waals surface area contributed by atoms with Crippen molar-refractivity contribution in [3.8, 4) is 0 Å². The predicted molar refractivity (Wildman–Crippen MR) is 42.0 cm³/mol. The van der Waals surface area contributed by atoms with Crippen molar-refractivity contribution in [2.45, 2.75) is 6.92 Å². The highest BCUT2D eigenvalue weighted by Gasteiger charge is 2.44. The van der Waals surface area contributed by atoms with Crippen molar-refractivity contribution in [3.05, 3.63) is 0 Å². The normalized spacial score (nSPS) is 48.0. The summed E-state index contributed by atoms with van der Waals surface area (Å²) in [4.78, 5) is 2.45. The average Bonchev–Trinajstić information content (AvgIpc) is 2.20. The summed E-state index contributed by atoms with van der Waals surface area (Å²) in [6.07, 6.45) is 0. The lowest BCUT2D eigenvalue weighted by atomic mass is 9.83.